The van der Waals surface area contributed by atoms with Crippen molar-refractivity contribution in [3.63, 3.8) is 0 Å². The van der Waals surface area contributed by atoms with Crippen molar-refractivity contribution >= 4 is 10.0 Å². The molecule has 1 N–H and O–H groups in total. The average molecular weight is 385 g/mol. The maximum absolute atomic E-state index is 11.2. The van der Waals surface area contributed by atoms with E-state index < -0.39 is 10.0 Å². The maximum Gasteiger partial charge on any atom is 0.208 e. The molecule has 0 aliphatic carbocycles. The molecule has 2 rings (SSSR count). The van der Waals surface area contributed by atoms with Crippen LogP contribution in [-0.2, 0) is 16.6 Å². The zero-order valence-electron chi connectivity index (χ0n) is 16.2. The lowest BCUT2D eigenvalue weighted by molar-refractivity contribution is 0.175. The van der Waals surface area contributed by atoms with E-state index in [-0.39, 0.29) is 0 Å². The monoisotopic (exact) mass is 384 g/mol. The summed E-state index contributed by atoms with van der Waals surface area (Å²) in [6, 6.07) is 6.08. The number of hydrogen-bond acceptors (Lipinski definition) is 5. The van der Waals surface area contributed by atoms with E-state index in [1.54, 1.807) is 0 Å². The number of likely N-dealkylation sites (tertiary alicyclic amines) is 1. The van der Waals surface area contributed by atoms with Crippen molar-refractivity contribution in [3.8, 4) is 11.5 Å². The molecule has 0 saturated carbocycles. The van der Waals surface area contributed by atoms with E-state index in [0.717, 1.165) is 56.0 Å². The van der Waals surface area contributed by atoms with Gasteiger partial charge in [-0.1, -0.05) is 19.1 Å². The highest BCUT2D eigenvalue weighted by molar-refractivity contribution is 7.88. The molecule has 0 unspecified atom stereocenters. The first kappa shape index (κ1) is 21.0. The van der Waals surface area contributed by atoms with E-state index in [1.807, 2.05) is 19.1 Å². The van der Waals surface area contributed by atoms with Crippen molar-refractivity contribution < 1.29 is 17.9 Å². The summed E-state index contributed by atoms with van der Waals surface area (Å²) in [4.78, 5) is 2.40. The lowest BCUT2D eigenvalue weighted by Crippen LogP contribution is -2.38. The van der Waals surface area contributed by atoms with E-state index in [0.29, 0.717) is 25.7 Å². The summed E-state index contributed by atoms with van der Waals surface area (Å²) in [5.74, 6) is 2.08. The van der Waals surface area contributed by atoms with Gasteiger partial charge in [-0.15, -0.1) is 0 Å². The van der Waals surface area contributed by atoms with Crippen LogP contribution in [0.15, 0.2) is 18.2 Å². The van der Waals surface area contributed by atoms with Gasteiger partial charge >= 0.3 is 0 Å². The van der Waals surface area contributed by atoms with Gasteiger partial charge in [-0.3, -0.25) is 4.90 Å². The second-order valence-corrected chi connectivity index (χ2v) is 8.70. The third-order valence-corrected chi connectivity index (χ3v) is 5.24. The molecule has 0 atom stereocenters. The van der Waals surface area contributed by atoms with Gasteiger partial charge in [0.15, 0.2) is 11.5 Å². The zero-order valence-corrected chi connectivity index (χ0v) is 17.0. The summed E-state index contributed by atoms with van der Waals surface area (Å²) in [5, 5.41) is 0. The molecule has 0 amide bonds. The SMILES string of the molecule is CCCOc1c(CN2CCC(CNS(C)(=O)=O)CC2)cccc1OCC. The predicted molar refractivity (Wildman–Crippen MR) is 104 cm³/mol. The molecule has 0 radical (unpaired) electrons. The van der Waals surface area contributed by atoms with Gasteiger partial charge < -0.3 is 9.47 Å². The molecular weight excluding hydrogens is 352 g/mol. The predicted octanol–water partition coefficient (Wildman–Crippen LogP) is 2.64. The maximum atomic E-state index is 11.2. The normalized spacial score (nSPS) is 16.6. The van der Waals surface area contributed by atoms with Crippen LogP contribution in [0.1, 0.15) is 38.7 Å². The molecule has 1 saturated heterocycles. The number of hydrogen-bond donors (Lipinski definition) is 1. The Morgan fingerprint density at radius 1 is 1.19 bits per heavy atom. The van der Waals surface area contributed by atoms with Gasteiger partial charge in [-0.2, -0.15) is 0 Å². The van der Waals surface area contributed by atoms with Crippen molar-refractivity contribution in [2.75, 3.05) is 39.1 Å². The molecular formula is C19H32N2O4S. The van der Waals surface area contributed by atoms with E-state index >= 15 is 0 Å². The fourth-order valence-corrected chi connectivity index (χ4v) is 3.72. The quantitative estimate of drug-likeness (QED) is 0.672. The summed E-state index contributed by atoms with van der Waals surface area (Å²) >= 11 is 0. The molecule has 1 fully saturated rings. The van der Waals surface area contributed by atoms with Crippen LogP contribution >= 0.6 is 0 Å². The highest BCUT2D eigenvalue weighted by Gasteiger charge is 2.22. The topological polar surface area (TPSA) is 67.9 Å². The number of sulfonamides is 1. The van der Waals surface area contributed by atoms with Gasteiger partial charge in [0.2, 0.25) is 10.0 Å². The van der Waals surface area contributed by atoms with Crippen LogP contribution in [0.5, 0.6) is 11.5 Å². The van der Waals surface area contributed by atoms with Gasteiger partial charge in [-0.25, -0.2) is 13.1 Å². The number of piperidine rings is 1. The fraction of sp³-hybridized carbons (Fsp3) is 0.684. The first-order valence-corrected chi connectivity index (χ1v) is 11.4. The Morgan fingerprint density at radius 3 is 2.54 bits per heavy atom. The van der Waals surface area contributed by atoms with Gasteiger partial charge in [0, 0.05) is 18.7 Å². The van der Waals surface area contributed by atoms with E-state index in [1.165, 1.54) is 6.26 Å². The summed E-state index contributed by atoms with van der Waals surface area (Å²) in [7, 11) is -3.10. The average Bonchev–Trinajstić information content (AvgIpc) is 2.60. The molecule has 148 valence electrons. The number of ether oxygens (including phenoxy) is 2. The van der Waals surface area contributed by atoms with Crippen molar-refractivity contribution in [3.05, 3.63) is 23.8 Å². The lowest BCUT2D eigenvalue weighted by Gasteiger charge is -2.32. The van der Waals surface area contributed by atoms with E-state index in [9.17, 15) is 8.42 Å². The summed E-state index contributed by atoms with van der Waals surface area (Å²) < 4.78 is 36.8. The Kier molecular flexibility index (Phi) is 8.18. The van der Waals surface area contributed by atoms with Crippen LogP contribution in [0.3, 0.4) is 0 Å². The van der Waals surface area contributed by atoms with Crippen LogP contribution < -0.4 is 14.2 Å². The Bertz CT molecular complexity index is 656. The minimum atomic E-state index is -3.10. The summed E-state index contributed by atoms with van der Waals surface area (Å²) in [5.41, 5.74) is 1.15. The number of para-hydroxylation sites is 1. The van der Waals surface area contributed by atoms with Crippen molar-refractivity contribution in [2.45, 2.75) is 39.7 Å². The van der Waals surface area contributed by atoms with Crippen molar-refractivity contribution in [1.82, 2.24) is 9.62 Å². The third-order valence-electron chi connectivity index (χ3n) is 4.55. The minimum Gasteiger partial charge on any atom is -0.490 e. The highest BCUT2D eigenvalue weighted by atomic mass is 32.2. The van der Waals surface area contributed by atoms with Gasteiger partial charge in [-0.05, 0) is 51.3 Å². The van der Waals surface area contributed by atoms with Gasteiger partial charge in [0.25, 0.3) is 0 Å². The molecule has 1 aliphatic heterocycles. The van der Waals surface area contributed by atoms with Crippen LogP contribution in [0, 0.1) is 5.92 Å². The number of nitrogens with zero attached hydrogens (tertiary/aromatic N) is 1. The Hall–Kier alpha value is -1.31. The molecule has 1 aromatic carbocycles. The molecule has 6 nitrogen and oxygen atoms in total. The second-order valence-electron chi connectivity index (χ2n) is 6.87. The molecule has 0 bridgehead atoms. The smallest absolute Gasteiger partial charge is 0.208 e. The number of rotatable bonds is 10. The molecule has 0 aromatic heterocycles. The van der Waals surface area contributed by atoms with E-state index in [2.05, 4.69) is 22.6 Å². The molecule has 1 aromatic rings. The molecule has 26 heavy (non-hydrogen) atoms. The van der Waals surface area contributed by atoms with Crippen LogP contribution in [0.4, 0.5) is 0 Å². The third kappa shape index (κ3) is 6.78. The van der Waals surface area contributed by atoms with Gasteiger partial charge in [0.05, 0.1) is 19.5 Å². The highest BCUT2D eigenvalue weighted by Crippen LogP contribution is 2.33. The molecule has 1 heterocycles. The Labute approximate surface area is 157 Å². The first-order valence-electron chi connectivity index (χ1n) is 9.47. The molecule has 1 aliphatic rings. The Morgan fingerprint density at radius 2 is 1.92 bits per heavy atom. The largest absolute Gasteiger partial charge is 0.490 e. The van der Waals surface area contributed by atoms with Gasteiger partial charge in [0.1, 0.15) is 0 Å². The zero-order chi connectivity index (χ0) is 19.0. The molecule has 0 spiro atoms. The fourth-order valence-electron chi connectivity index (χ4n) is 3.18. The second kappa shape index (κ2) is 10.1. The minimum absolute atomic E-state index is 0.409. The number of nitrogens with one attached hydrogen (secondary N) is 1. The first-order chi connectivity index (χ1) is 12.4. The number of benzene rings is 1. The lowest BCUT2D eigenvalue weighted by atomic mass is 9.96. The van der Waals surface area contributed by atoms with Crippen LogP contribution in [0.25, 0.3) is 0 Å². The van der Waals surface area contributed by atoms with Crippen molar-refractivity contribution in [2.24, 2.45) is 5.92 Å². The van der Waals surface area contributed by atoms with Crippen molar-refractivity contribution in [1.29, 1.82) is 0 Å². The Balaban J connectivity index is 1.95. The standard InChI is InChI=1S/C19H32N2O4S/c1-4-13-25-19-17(7-6-8-18(19)24-5-2)15-21-11-9-16(10-12-21)14-20-26(3,22)23/h6-8,16,20H,4-5,9-15H2,1-3H3. The summed E-state index contributed by atoms with van der Waals surface area (Å²) in [6.07, 6.45) is 4.17. The van der Waals surface area contributed by atoms with Crippen LogP contribution in [-0.4, -0.2) is 52.4 Å². The molecule has 7 heteroatoms. The summed E-state index contributed by atoms with van der Waals surface area (Å²) in [6.45, 7) is 8.65. The van der Waals surface area contributed by atoms with E-state index in [4.69, 9.17) is 9.47 Å². The van der Waals surface area contributed by atoms with Crippen LogP contribution in [0.2, 0.25) is 0 Å².